The molecular weight excluding hydrogens is 254 g/mol. The van der Waals surface area contributed by atoms with Crippen LogP contribution < -0.4 is 4.90 Å². The molecule has 3 aromatic carbocycles. The third kappa shape index (κ3) is 2.52. The molecule has 0 fully saturated rings. The molecule has 0 saturated heterocycles. The van der Waals surface area contributed by atoms with Gasteiger partial charge >= 0.3 is 0 Å². The molecule has 0 aromatic heterocycles. The molecule has 1 heteroatoms. The zero-order chi connectivity index (χ0) is 14.8. The summed E-state index contributed by atoms with van der Waals surface area (Å²) in [4.78, 5) is 2.19. The van der Waals surface area contributed by atoms with Crippen LogP contribution in [0.3, 0.4) is 0 Å². The Balaban J connectivity index is 2.34. The van der Waals surface area contributed by atoms with E-state index in [1.165, 1.54) is 33.2 Å². The third-order valence-electron chi connectivity index (χ3n) is 4.01. The van der Waals surface area contributed by atoms with Crippen molar-refractivity contribution in [2.24, 2.45) is 0 Å². The van der Waals surface area contributed by atoms with Crippen LogP contribution in [0.2, 0.25) is 0 Å². The van der Waals surface area contributed by atoms with E-state index in [2.05, 4.69) is 86.6 Å². The summed E-state index contributed by atoms with van der Waals surface area (Å²) in [7, 11) is 4.22. The second-order valence-electron chi connectivity index (χ2n) is 5.63. The van der Waals surface area contributed by atoms with Crippen LogP contribution in [-0.2, 0) is 6.42 Å². The van der Waals surface area contributed by atoms with Crippen molar-refractivity contribution in [3.8, 4) is 11.1 Å². The third-order valence-corrected chi connectivity index (χ3v) is 4.01. The van der Waals surface area contributed by atoms with Gasteiger partial charge in [-0.15, -0.1) is 0 Å². The molecular formula is C20H21N. The summed E-state index contributed by atoms with van der Waals surface area (Å²) in [5.74, 6) is 0. The zero-order valence-electron chi connectivity index (χ0n) is 12.9. The van der Waals surface area contributed by atoms with Crippen molar-refractivity contribution in [1.82, 2.24) is 0 Å². The summed E-state index contributed by atoms with van der Waals surface area (Å²) >= 11 is 0. The Morgan fingerprint density at radius 3 is 2.43 bits per heavy atom. The summed E-state index contributed by atoms with van der Waals surface area (Å²) in [5, 5.41) is 2.61. The number of benzene rings is 3. The molecule has 0 heterocycles. The van der Waals surface area contributed by atoms with Gasteiger partial charge in [-0.2, -0.15) is 0 Å². The van der Waals surface area contributed by atoms with Crippen LogP contribution in [0.15, 0.2) is 60.7 Å². The van der Waals surface area contributed by atoms with Gasteiger partial charge in [0.25, 0.3) is 0 Å². The van der Waals surface area contributed by atoms with Gasteiger partial charge in [0.05, 0.1) is 0 Å². The first-order valence-electron chi connectivity index (χ1n) is 7.49. The number of rotatable bonds is 3. The van der Waals surface area contributed by atoms with Crippen molar-refractivity contribution < 1.29 is 0 Å². The average molecular weight is 275 g/mol. The summed E-state index contributed by atoms with van der Waals surface area (Å²) in [5.41, 5.74) is 5.27. The monoisotopic (exact) mass is 275 g/mol. The van der Waals surface area contributed by atoms with E-state index in [9.17, 15) is 0 Å². The van der Waals surface area contributed by atoms with Gasteiger partial charge in [0.1, 0.15) is 0 Å². The number of fused-ring (bicyclic) bond motifs is 1. The molecule has 106 valence electrons. The van der Waals surface area contributed by atoms with E-state index in [4.69, 9.17) is 0 Å². The van der Waals surface area contributed by atoms with Crippen molar-refractivity contribution in [2.45, 2.75) is 13.3 Å². The lowest BCUT2D eigenvalue weighted by molar-refractivity contribution is 1.13. The molecule has 0 spiro atoms. The molecule has 0 atom stereocenters. The Hall–Kier alpha value is -2.28. The van der Waals surface area contributed by atoms with Gasteiger partial charge in [-0.3, -0.25) is 0 Å². The van der Waals surface area contributed by atoms with E-state index in [1.807, 2.05) is 0 Å². The minimum atomic E-state index is 1.07. The van der Waals surface area contributed by atoms with E-state index < -0.39 is 0 Å². The summed E-state index contributed by atoms with van der Waals surface area (Å²) in [6.07, 6.45) is 1.07. The molecule has 0 aliphatic heterocycles. The fourth-order valence-corrected chi connectivity index (χ4v) is 2.88. The molecule has 3 aromatic rings. The normalized spacial score (nSPS) is 10.8. The molecule has 0 N–H and O–H groups in total. The Labute approximate surface area is 126 Å². The van der Waals surface area contributed by atoms with Crippen LogP contribution in [0.25, 0.3) is 21.9 Å². The maximum atomic E-state index is 2.31. The largest absolute Gasteiger partial charge is 0.377 e. The molecule has 0 radical (unpaired) electrons. The quantitative estimate of drug-likeness (QED) is 0.640. The van der Waals surface area contributed by atoms with Crippen molar-refractivity contribution in [3.63, 3.8) is 0 Å². The number of nitrogens with zero attached hydrogens (tertiary/aromatic N) is 1. The Bertz CT molecular complexity index is 772. The average Bonchev–Trinajstić information content (AvgIpc) is 2.53. The van der Waals surface area contributed by atoms with Crippen molar-refractivity contribution in [1.29, 1.82) is 0 Å². The van der Waals surface area contributed by atoms with E-state index >= 15 is 0 Å². The molecule has 3 rings (SSSR count). The van der Waals surface area contributed by atoms with Gasteiger partial charge in [0, 0.05) is 25.3 Å². The zero-order valence-corrected chi connectivity index (χ0v) is 12.9. The smallest absolute Gasteiger partial charge is 0.0447 e. The van der Waals surface area contributed by atoms with Gasteiger partial charge in [0.15, 0.2) is 0 Å². The predicted octanol–water partition coefficient (Wildman–Crippen LogP) is 5.14. The van der Waals surface area contributed by atoms with Crippen LogP contribution >= 0.6 is 0 Å². The predicted molar refractivity (Wildman–Crippen MR) is 93.1 cm³/mol. The van der Waals surface area contributed by atoms with Crippen molar-refractivity contribution >= 4 is 16.5 Å². The maximum absolute atomic E-state index is 2.31. The molecule has 1 nitrogen and oxygen atoms in total. The number of hydrogen-bond donors (Lipinski definition) is 0. The van der Waals surface area contributed by atoms with Crippen molar-refractivity contribution in [3.05, 3.63) is 66.2 Å². The van der Waals surface area contributed by atoms with E-state index in [-0.39, 0.29) is 0 Å². The van der Waals surface area contributed by atoms with Crippen LogP contribution in [0.1, 0.15) is 12.5 Å². The fourth-order valence-electron chi connectivity index (χ4n) is 2.88. The SMILES string of the molecule is CCc1cccc(-c2c(N(C)C)ccc3ccccc23)c1. The Kier molecular flexibility index (Phi) is 3.66. The van der Waals surface area contributed by atoms with Gasteiger partial charge in [0.2, 0.25) is 0 Å². The van der Waals surface area contributed by atoms with Crippen molar-refractivity contribution in [2.75, 3.05) is 19.0 Å². The van der Waals surface area contributed by atoms with Crippen LogP contribution in [0.4, 0.5) is 5.69 Å². The molecule has 0 saturated carbocycles. The van der Waals surface area contributed by atoms with Gasteiger partial charge < -0.3 is 4.90 Å². The van der Waals surface area contributed by atoms with Gasteiger partial charge in [-0.05, 0) is 34.4 Å². The highest BCUT2D eigenvalue weighted by Crippen LogP contribution is 2.37. The van der Waals surface area contributed by atoms with E-state index in [0.717, 1.165) is 6.42 Å². The number of anilines is 1. The first kappa shape index (κ1) is 13.7. The standard InChI is InChI=1S/C20H21N/c1-4-15-8-7-10-17(14-15)20-18-11-6-5-9-16(18)12-13-19(20)21(2)3/h5-14H,4H2,1-3H3. The van der Waals surface area contributed by atoms with E-state index in [0.29, 0.717) is 0 Å². The molecule has 0 unspecified atom stereocenters. The second-order valence-corrected chi connectivity index (χ2v) is 5.63. The topological polar surface area (TPSA) is 3.24 Å². The first-order chi connectivity index (χ1) is 10.2. The molecule has 0 aliphatic rings. The molecule has 0 amide bonds. The van der Waals surface area contributed by atoms with Gasteiger partial charge in [-0.25, -0.2) is 0 Å². The summed E-state index contributed by atoms with van der Waals surface area (Å²) in [6.45, 7) is 2.20. The molecule has 0 aliphatic carbocycles. The second kappa shape index (κ2) is 5.61. The minimum Gasteiger partial charge on any atom is -0.377 e. The molecule has 0 bridgehead atoms. The lowest BCUT2D eigenvalue weighted by atomic mass is 9.94. The highest BCUT2D eigenvalue weighted by atomic mass is 15.1. The highest BCUT2D eigenvalue weighted by molar-refractivity contribution is 6.03. The Morgan fingerprint density at radius 1 is 0.857 bits per heavy atom. The van der Waals surface area contributed by atoms with Crippen LogP contribution in [0, 0.1) is 0 Å². The molecule has 21 heavy (non-hydrogen) atoms. The Morgan fingerprint density at radius 2 is 1.67 bits per heavy atom. The lowest BCUT2D eigenvalue weighted by Gasteiger charge is -2.20. The minimum absolute atomic E-state index is 1.07. The highest BCUT2D eigenvalue weighted by Gasteiger charge is 2.11. The van der Waals surface area contributed by atoms with Gasteiger partial charge in [-0.1, -0.05) is 61.5 Å². The van der Waals surface area contributed by atoms with E-state index in [1.54, 1.807) is 0 Å². The first-order valence-corrected chi connectivity index (χ1v) is 7.49. The van der Waals surface area contributed by atoms with Crippen LogP contribution in [-0.4, -0.2) is 14.1 Å². The summed E-state index contributed by atoms with van der Waals surface area (Å²) in [6, 6.07) is 21.9. The number of aryl methyl sites for hydroxylation is 1. The summed E-state index contributed by atoms with van der Waals surface area (Å²) < 4.78 is 0. The maximum Gasteiger partial charge on any atom is 0.0447 e. The lowest BCUT2D eigenvalue weighted by Crippen LogP contribution is -2.10. The number of hydrogen-bond acceptors (Lipinski definition) is 1. The fraction of sp³-hybridized carbons (Fsp3) is 0.200. The van der Waals surface area contributed by atoms with Crippen LogP contribution in [0.5, 0.6) is 0 Å².